The van der Waals surface area contributed by atoms with Gasteiger partial charge in [0.2, 0.25) is 5.91 Å². The van der Waals surface area contributed by atoms with E-state index < -0.39 is 12.0 Å². The molecule has 0 aliphatic carbocycles. The Kier molecular flexibility index (Phi) is 6.83. The number of ether oxygens (including phenoxy) is 1. The Morgan fingerprint density at radius 1 is 1.13 bits per heavy atom. The van der Waals surface area contributed by atoms with Gasteiger partial charge in [-0.15, -0.1) is 0 Å². The average Bonchev–Trinajstić information content (AvgIpc) is 3.57. The van der Waals surface area contributed by atoms with Gasteiger partial charge < -0.3 is 15.2 Å². The van der Waals surface area contributed by atoms with E-state index in [4.69, 9.17) is 9.72 Å². The normalized spacial score (nSPS) is 15.7. The summed E-state index contributed by atoms with van der Waals surface area (Å²) in [5, 5.41) is 18.5. The van der Waals surface area contributed by atoms with Crippen LogP contribution in [0.3, 0.4) is 0 Å². The zero-order chi connectivity index (χ0) is 26.8. The number of carboxylic acids is 1. The Morgan fingerprint density at radius 2 is 2.05 bits per heavy atom. The van der Waals surface area contributed by atoms with Gasteiger partial charge in [-0.05, 0) is 67.3 Å². The van der Waals surface area contributed by atoms with Gasteiger partial charge in [-0.25, -0.2) is 4.98 Å². The Morgan fingerprint density at radius 3 is 2.90 bits per heavy atom. The number of carboxylic acid groups (broad SMARTS) is 1. The van der Waals surface area contributed by atoms with Crippen LogP contribution in [0, 0.1) is 0 Å². The first-order chi connectivity index (χ1) is 19.0. The first-order valence-corrected chi connectivity index (χ1v) is 13.4. The van der Waals surface area contributed by atoms with Gasteiger partial charge in [0.15, 0.2) is 0 Å². The molecule has 10 heteroatoms. The SMILES string of the molecule is O=C(O)CC(c1ccnc(N2CCCC2=O)c1)n1ncc2cc(OCCc3ccc4c(n3)CCCN4)ccc21. The Labute approximate surface area is 225 Å². The van der Waals surface area contributed by atoms with Crippen LogP contribution in [-0.2, 0) is 22.4 Å². The molecule has 3 aromatic heterocycles. The summed E-state index contributed by atoms with van der Waals surface area (Å²) in [6.07, 6.45) is 7.28. The second-order valence-electron chi connectivity index (χ2n) is 9.95. The number of anilines is 2. The lowest BCUT2D eigenvalue weighted by Crippen LogP contribution is -2.25. The largest absolute Gasteiger partial charge is 0.493 e. The van der Waals surface area contributed by atoms with E-state index in [9.17, 15) is 14.7 Å². The number of hydrogen-bond donors (Lipinski definition) is 2. The van der Waals surface area contributed by atoms with Gasteiger partial charge in [-0.2, -0.15) is 5.10 Å². The molecule has 39 heavy (non-hydrogen) atoms. The lowest BCUT2D eigenvalue weighted by molar-refractivity contribution is -0.137. The molecule has 1 aromatic carbocycles. The lowest BCUT2D eigenvalue weighted by atomic mass is 10.0. The highest BCUT2D eigenvalue weighted by Crippen LogP contribution is 2.31. The topological polar surface area (TPSA) is 122 Å². The molecule has 200 valence electrons. The number of pyridine rings is 2. The number of amides is 1. The predicted molar refractivity (Wildman–Crippen MR) is 146 cm³/mol. The molecule has 10 nitrogen and oxygen atoms in total. The number of aliphatic carboxylic acids is 1. The molecule has 0 bridgehead atoms. The molecule has 0 spiro atoms. The summed E-state index contributed by atoms with van der Waals surface area (Å²) >= 11 is 0. The summed E-state index contributed by atoms with van der Waals surface area (Å²) in [7, 11) is 0. The molecule has 4 aromatic rings. The maximum absolute atomic E-state index is 12.2. The number of hydrogen-bond acceptors (Lipinski definition) is 7. The highest BCUT2D eigenvalue weighted by molar-refractivity contribution is 5.94. The van der Waals surface area contributed by atoms with Crippen molar-refractivity contribution in [2.24, 2.45) is 0 Å². The Hall–Kier alpha value is -4.47. The molecule has 1 amide bonds. The zero-order valence-corrected chi connectivity index (χ0v) is 21.5. The first kappa shape index (κ1) is 24.8. The monoisotopic (exact) mass is 526 g/mol. The quantitative estimate of drug-likeness (QED) is 0.336. The summed E-state index contributed by atoms with van der Waals surface area (Å²) < 4.78 is 7.76. The van der Waals surface area contributed by atoms with Crippen molar-refractivity contribution in [3.8, 4) is 5.75 Å². The molecule has 0 saturated carbocycles. The smallest absolute Gasteiger partial charge is 0.305 e. The van der Waals surface area contributed by atoms with E-state index in [1.807, 2.05) is 24.3 Å². The minimum atomic E-state index is -0.939. The number of carbonyl (C=O) groups excluding carboxylic acids is 1. The highest BCUT2D eigenvalue weighted by Gasteiger charge is 2.26. The highest BCUT2D eigenvalue weighted by atomic mass is 16.5. The maximum atomic E-state index is 12.2. The van der Waals surface area contributed by atoms with E-state index in [0.29, 0.717) is 31.8 Å². The van der Waals surface area contributed by atoms with Crippen molar-refractivity contribution in [2.45, 2.75) is 44.6 Å². The van der Waals surface area contributed by atoms with Crippen LogP contribution < -0.4 is 15.0 Å². The van der Waals surface area contributed by atoms with Crippen molar-refractivity contribution in [3.63, 3.8) is 0 Å². The number of nitrogens with zero attached hydrogens (tertiary/aromatic N) is 5. The molecular weight excluding hydrogens is 496 g/mol. The van der Waals surface area contributed by atoms with Crippen LogP contribution in [0.25, 0.3) is 10.9 Å². The minimum Gasteiger partial charge on any atom is -0.493 e. The number of rotatable bonds is 9. The number of carbonyl (C=O) groups is 2. The second-order valence-corrected chi connectivity index (χ2v) is 9.95. The van der Waals surface area contributed by atoms with Gasteiger partial charge >= 0.3 is 5.97 Å². The van der Waals surface area contributed by atoms with E-state index in [0.717, 1.165) is 65.1 Å². The van der Waals surface area contributed by atoms with E-state index in [1.54, 1.807) is 34.1 Å². The summed E-state index contributed by atoms with van der Waals surface area (Å²) in [6.45, 7) is 2.11. The Balaban J connectivity index is 1.19. The van der Waals surface area contributed by atoms with Crippen molar-refractivity contribution >= 4 is 34.3 Å². The molecular formula is C29H30N6O4. The van der Waals surface area contributed by atoms with Crippen LogP contribution in [-0.4, -0.2) is 56.4 Å². The van der Waals surface area contributed by atoms with Gasteiger partial charge in [0.05, 0.1) is 42.2 Å². The lowest BCUT2D eigenvalue weighted by Gasteiger charge is -2.20. The van der Waals surface area contributed by atoms with Crippen molar-refractivity contribution in [2.75, 3.05) is 29.9 Å². The molecule has 0 radical (unpaired) electrons. The fraction of sp³-hybridized carbons (Fsp3) is 0.345. The average molecular weight is 527 g/mol. The molecule has 6 rings (SSSR count). The summed E-state index contributed by atoms with van der Waals surface area (Å²) in [4.78, 5) is 34.9. The number of aromatic nitrogens is 4. The predicted octanol–water partition coefficient (Wildman–Crippen LogP) is 4.00. The van der Waals surface area contributed by atoms with Crippen LogP contribution in [0.5, 0.6) is 5.75 Å². The van der Waals surface area contributed by atoms with Crippen molar-refractivity contribution in [3.05, 3.63) is 71.8 Å². The first-order valence-electron chi connectivity index (χ1n) is 13.4. The summed E-state index contributed by atoms with van der Waals surface area (Å²) in [6, 6.07) is 12.9. The van der Waals surface area contributed by atoms with E-state index >= 15 is 0 Å². The summed E-state index contributed by atoms with van der Waals surface area (Å²) in [5.74, 6) is 0.356. The molecule has 2 aliphatic rings. The summed E-state index contributed by atoms with van der Waals surface area (Å²) in [5.41, 5.74) is 4.79. The molecule has 1 unspecified atom stereocenters. The molecule has 5 heterocycles. The Bertz CT molecular complexity index is 1530. The third-order valence-electron chi connectivity index (χ3n) is 7.30. The third-order valence-corrected chi connectivity index (χ3v) is 7.30. The van der Waals surface area contributed by atoms with Crippen LogP contribution in [0.1, 0.15) is 48.7 Å². The van der Waals surface area contributed by atoms with Crippen molar-refractivity contribution in [1.29, 1.82) is 0 Å². The van der Waals surface area contributed by atoms with Gasteiger partial charge in [-0.1, -0.05) is 0 Å². The standard InChI is InChI=1S/C29H30N6O4/c36-28-4-2-13-34(28)27-16-19(9-12-31-27)26(17-29(37)38)35-25-8-6-22(15-20(25)18-32-35)39-14-10-21-5-7-23-24(33-21)3-1-11-30-23/h5-9,12,15-16,18,26,30H,1-4,10-11,13-14,17H2,(H,37,38). The van der Waals surface area contributed by atoms with Crippen LogP contribution in [0.15, 0.2) is 54.9 Å². The molecule has 2 aliphatic heterocycles. The molecule has 1 saturated heterocycles. The fourth-order valence-electron chi connectivity index (χ4n) is 5.35. The van der Waals surface area contributed by atoms with E-state index in [1.165, 1.54) is 0 Å². The van der Waals surface area contributed by atoms with Crippen LogP contribution in [0.4, 0.5) is 11.5 Å². The molecule has 1 fully saturated rings. The van der Waals surface area contributed by atoms with Gasteiger partial charge in [-0.3, -0.25) is 24.2 Å². The molecule has 1 atom stereocenters. The van der Waals surface area contributed by atoms with Gasteiger partial charge in [0, 0.05) is 43.2 Å². The van der Waals surface area contributed by atoms with Crippen LogP contribution >= 0.6 is 0 Å². The molecule has 2 N–H and O–H groups in total. The van der Waals surface area contributed by atoms with Gasteiger partial charge in [0.1, 0.15) is 11.6 Å². The number of nitrogens with one attached hydrogen (secondary N) is 1. The van der Waals surface area contributed by atoms with Crippen molar-refractivity contribution in [1.82, 2.24) is 19.7 Å². The zero-order valence-electron chi connectivity index (χ0n) is 21.5. The fourth-order valence-corrected chi connectivity index (χ4v) is 5.35. The number of aryl methyl sites for hydroxylation is 1. The number of benzene rings is 1. The van der Waals surface area contributed by atoms with E-state index in [-0.39, 0.29) is 12.3 Å². The van der Waals surface area contributed by atoms with Crippen molar-refractivity contribution < 1.29 is 19.4 Å². The maximum Gasteiger partial charge on any atom is 0.305 e. The number of fused-ring (bicyclic) bond motifs is 2. The van der Waals surface area contributed by atoms with E-state index in [2.05, 4.69) is 21.5 Å². The van der Waals surface area contributed by atoms with Gasteiger partial charge in [0.25, 0.3) is 0 Å². The minimum absolute atomic E-state index is 0.0333. The van der Waals surface area contributed by atoms with Crippen LogP contribution in [0.2, 0.25) is 0 Å². The third kappa shape index (κ3) is 5.27. The second kappa shape index (κ2) is 10.7.